The van der Waals surface area contributed by atoms with E-state index in [1.807, 2.05) is 0 Å². The topological polar surface area (TPSA) is 99.2 Å². The van der Waals surface area contributed by atoms with Crippen molar-refractivity contribution in [2.24, 2.45) is 0 Å². The van der Waals surface area contributed by atoms with Crippen LogP contribution in [0.3, 0.4) is 0 Å². The molecule has 0 aliphatic carbocycles. The first-order valence-corrected chi connectivity index (χ1v) is 12.4. The molecule has 4 rings (SSSR count). The Bertz CT molecular complexity index is 1360. The summed E-state index contributed by atoms with van der Waals surface area (Å²) in [6.45, 7) is 0.419. The van der Waals surface area contributed by atoms with Crippen LogP contribution in [0.4, 0.5) is 5.69 Å². The number of nitrogens with zero attached hydrogens (tertiary/aromatic N) is 1. The fourth-order valence-electron chi connectivity index (χ4n) is 3.88. The molecule has 10 heteroatoms. The van der Waals surface area contributed by atoms with Crippen LogP contribution in [-0.4, -0.2) is 41.1 Å². The van der Waals surface area contributed by atoms with E-state index in [4.69, 9.17) is 25.3 Å². The van der Waals surface area contributed by atoms with Crippen molar-refractivity contribution in [3.8, 4) is 11.5 Å². The highest BCUT2D eigenvalue weighted by atomic mass is 35.5. The van der Waals surface area contributed by atoms with Gasteiger partial charge in [0.15, 0.2) is 0 Å². The summed E-state index contributed by atoms with van der Waals surface area (Å²) in [6, 6.07) is 17.1. The van der Waals surface area contributed by atoms with E-state index in [0.717, 1.165) is 5.56 Å². The average molecular weight is 516 g/mol. The summed E-state index contributed by atoms with van der Waals surface area (Å²) >= 11 is 5.81. The predicted octanol–water partition coefficient (Wildman–Crippen LogP) is 4.42. The van der Waals surface area contributed by atoms with Gasteiger partial charge in [0.05, 0.1) is 14.2 Å². The van der Waals surface area contributed by atoms with Crippen LogP contribution in [0, 0.1) is 0 Å². The van der Waals surface area contributed by atoms with Crippen molar-refractivity contribution in [3.05, 3.63) is 82.9 Å². The van der Waals surface area contributed by atoms with Gasteiger partial charge < -0.3 is 18.6 Å². The van der Waals surface area contributed by atoms with E-state index in [1.165, 1.54) is 50.6 Å². The molecule has 0 saturated carbocycles. The van der Waals surface area contributed by atoms with Gasteiger partial charge in [0.1, 0.15) is 22.0 Å². The second kappa shape index (κ2) is 9.97. The molecule has 1 aliphatic rings. The molecular formula is C25H22ClNO7S. The number of anilines is 1. The number of amides is 1. The molecule has 1 atom stereocenters. The first-order valence-electron chi connectivity index (χ1n) is 10.6. The third-order valence-electron chi connectivity index (χ3n) is 5.68. The fraction of sp³-hybridized carbons (Fsp3) is 0.200. The summed E-state index contributed by atoms with van der Waals surface area (Å²) < 4.78 is 40.3. The highest BCUT2D eigenvalue weighted by Gasteiger charge is 2.32. The Balaban J connectivity index is 1.48. The molecule has 1 fully saturated rings. The molecule has 1 heterocycles. The summed E-state index contributed by atoms with van der Waals surface area (Å²) in [5, 5.41) is 0.416. The first kappa shape index (κ1) is 24.6. The summed E-state index contributed by atoms with van der Waals surface area (Å²) in [5.41, 5.74) is 1.79. The van der Waals surface area contributed by atoms with Crippen LogP contribution >= 0.6 is 11.6 Å². The molecule has 1 saturated heterocycles. The van der Waals surface area contributed by atoms with Crippen molar-refractivity contribution in [2.45, 2.75) is 17.2 Å². The lowest BCUT2D eigenvalue weighted by Gasteiger charge is -2.18. The number of hydrogen-bond acceptors (Lipinski definition) is 7. The van der Waals surface area contributed by atoms with Gasteiger partial charge in [-0.25, -0.2) is 4.79 Å². The number of esters is 1. The van der Waals surface area contributed by atoms with E-state index in [1.54, 1.807) is 35.2 Å². The summed E-state index contributed by atoms with van der Waals surface area (Å²) in [4.78, 5) is 26.3. The molecule has 1 unspecified atom stereocenters. The molecule has 35 heavy (non-hydrogen) atoms. The number of rotatable bonds is 7. The minimum absolute atomic E-state index is 0.0165. The van der Waals surface area contributed by atoms with Crippen molar-refractivity contribution < 1.29 is 31.7 Å². The fourth-order valence-corrected chi connectivity index (χ4v) is 4.93. The monoisotopic (exact) mass is 515 g/mol. The second-order valence-corrected chi connectivity index (χ2v) is 9.82. The van der Waals surface area contributed by atoms with Gasteiger partial charge in [-0.3, -0.25) is 4.79 Å². The maximum atomic E-state index is 12.7. The standard InChI is InChI=1S/C25H22ClNO7S/c1-32-23-13-16(3-12-22(23)25(29)33-2)17-14-24(28)27(15-17)19-6-8-20(9-7-19)34-35(30,31)21-10-4-18(26)5-11-21/h3-13,17H,14-15H2,1-2H3. The van der Waals surface area contributed by atoms with Gasteiger partial charge in [-0.05, 0) is 66.2 Å². The van der Waals surface area contributed by atoms with Crippen LogP contribution in [0.5, 0.6) is 11.5 Å². The van der Waals surface area contributed by atoms with Gasteiger partial charge in [0.25, 0.3) is 0 Å². The molecule has 0 N–H and O–H groups in total. The van der Waals surface area contributed by atoms with Gasteiger partial charge in [-0.1, -0.05) is 17.7 Å². The van der Waals surface area contributed by atoms with Crippen LogP contribution in [0.25, 0.3) is 0 Å². The van der Waals surface area contributed by atoms with E-state index in [2.05, 4.69) is 0 Å². The maximum Gasteiger partial charge on any atom is 0.341 e. The van der Waals surface area contributed by atoms with Crippen LogP contribution in [0.2, 0.25) is 5.02 Å². The van der Waals surface area contributed by atoms with Crippen molar-refractivity contribution in [3.63, 3.8) is 0 Å². The Morgan fingerprint density at radius 1 is 1.00 bits per heavy atom. The van der Waals surface area contributed by atoms with Crippen LogP contribution in [0.1, 0.15) is 28.3 Å². The quantitative estimate of drug-likeness (QED) is 0.339. The molecule has 8 nitrogen and oxygen atoms in total. The molecule has 0 radical (unpaired) electrons. The van der Waals surface area contributed by atoms with E-state index >= 15 is 0 Å². The molecular weight excluding hydrogens is 494 g/mol. The third kappa shape index (κ3) is 5.26. The minimum Gasteiger partial charge on any atom is -0.496 e. The lowest BCUT2D eigenvalue weighted by atomic mass is 9.96. The molecule has 1 aliphatic heterocycles. The number of carbonyl (C=O) groups excluding carboxylic acids is 2. The largest absolute Gasteiger partial charge is 0.496 e. The molecule has 1 amide bonds. The van der Waals surface area contributed by atoms with E-state index < -0.39 is 16.1 Å². The molecule has 182 valence electrons. The number of methoxy groups -OCH3 is 2. The van der Waals surface area contributed by atoms with Gasteiger partial charge >= 0.3 is 16.1 Å². The maximum absolute atomic E-state index is 12.7. The lowest BCUT2D eigenvalue weighted by molar-refractivity contribution is -0.117. The third-order valence-corrected chi connectivity index (χ3v) is 7.20. The lowest BCUT2D eigenvalue weighted by Crippen LogP contribution is -2.24. The minimum atomic E-state index is -4.02. The highest BCUT2D eigenvalue weighted by molar-refractivity contribution is 7.87. The van der Waals surface area contributed by atoms with Crippen molar-refractivity contribution in [1.82, 2.24) is 0 Å². The number of ether oxygens (including phenoxy) is 2. The Morgan fingerprint density at radius 2 is 1.69 bits per heavy atom. The molecule has 0 aromatic heterocycles. The summed E-state index contributed by atoms with van der Waals surface area (Å²) in [7, 11) is -1.25. The average Bonchev–Trinajstić information content (AvgIpc) is 3.25. The zero-order valence-corrected chi connectivity index (χ0v) is 20.5. The van der Waals surface area contributed by atoms with Gasteiger partial charge in [-0.15, -0.1) is 0 Å². The summed E-state index contributed by atoms with van der Waals surface area (Å²) in [5.74, 6) is -0.186. The predicted molar refractivity (Wildman–Crippen MR) is 130 cm³/mol. The van der Waals surface area contributed by atoms with Gasteiger partial charge in [0, 0.05) is 29.6 Å². The first-order chi connectivity index (χ1) is 16.7. The highest BCUT2D eigenvalue weighted by Crippen LogP contribution is 2.35. The van der Waals surface area contributed by atoms with Crippen molar-refractivity contribution >= 4 is 39.3 Å². The van der Waals surface area contributed by atoms with E-state index in [9.17, 15) is 18.0 Å². The zero-order chi connectivity index (χ0) is 25.2. The second-order valence-electron chi connectivity index (χ2n) is 7.84. The SMILES string of the molecule is COC(=O)c1ccc(C2CC(=O)N(c3ccc(OS(=O)(=O)c4ccc(Cl)cc4)cc3)C2)cc1OC. The molecule has 3 aromatic rings. The normalized spacial score (nSPS) is 15.7. The number of hydrogen-bond donors (Lipinski definition) is 0. The Hall–Kier alpha value is -3.56. The van der Waals surface area contributed by atoms with Crippen LogP contribution in [-0.2, 0) is 19.6 Å². The van der Waals surface area contributed by atoms with Crippen LogP contribution < -0.4 is 13.8 Å². The summed E-state index contributed by atoms with van der Waals surface area (Å²) in [6.07, 6.45) is 0.282. The molecule has 3 aromatic carbocycles. The molecule has 0 bridgehead atoms. The van der Waals surface area contributed by atoms with E-state index in [-0.39, 0.29) is 28.9 Å². The van der Waals surface area contributed by atoms with Gasteiger partial charge in [-0.2, -0.15) is 8.42 Å². The smallest absolute Gasteiger partial charge is 0.341 e. The van der Waals surface area contributed by atoms with Crippen LogP contribution in [0.15, 0.2) is 71.6 Å². The van der Waals surface area contributed by atoms with Crippen molar-refractivity contribution in [1.29, 1.82) is 0 Å². The van der Waals surface area contributed by atoms with Gasteiger partial charge in [0.2, 0.25) is 5.91 Å². The number of carbonyl (C=O) groups is 2. The Labute approximate surface area is 208 Å². The molecule has 0 spiro atoms. The zero-order valence-electron chi connectivity index (χ0n) is 18.9. The number of halogens is 1. The van der Waals surface area contributed by atoms with Crippen molar-refractivity contribution in [2.75, 3.05) is 25.7 Å². The van der Waals surface area contributed by atoms with E-state index in [0.29, 0.717) is 28.6 Å². The number of benzene rings is 3. The Morgan fingerprint density at radius 3 is 2.31 bits per heavy atom. The Kier molecular flexibility index (Phi) is 7.00.